The van der Waals surface area contributed by atoms with Gasteiger partial charge in [-0.05, 0) is 30.7 Å². The van der Waals surface area contributed by atoms with Crippen LogP contribution in [0.25, 0.3) is 0 Å². The van der Waals surface area contributed by atoms with E-state index in [-0.39, 0.29) is 12.6 Å². The zero-order chi connectivity index (χ0) is 15.4. The lowest BCUT2D eigenvalue weighted by atomic mass is 10.1. The van der Waals surface area contributed by atoms with Crippen molar-refractivity contribution >= 4 is 5.69 Å². The highest BCUT2D eigenvalue weighted by atomic mass is 16.3. The zero-order valence-electron chi connectivity index (χ0n) is 12.9. The molecule has 0 spiro atoms. The molecule has 5 heteroatoms. The smallest absolute Gasteiger partial charge is 0.0776 e. The first kappa shape index (κ1) is 14.9. The van der Waals surface area contributed by atoms with Gasteiger partial charge in [-0.1, -0.05) is 6.07 Å². The summed E-state index contributed by atoms with van der Waals surface area (Å²) < 4.78 is 0. The van der Waals surface area contributed by atoms with Crippen LogP contribution in [0.3, 0.4) is 0 Å². The summed E-state index contributed by atoms with van der Waals surface area (Å²) in [6.45, 7) is 2.68. The molecule has 116 valence electrons. The Balaban J connectivity index is 1.85. The van der Waals surface area contributed by atoms with E-state index >= 15 is 0 Å². The first-order valence-corrected chi connectivity index (χ1v) is 7.68. The summed E-state index contributed by atoms with van der Waals surface area (Å²) in [5.74, 6) is 0. The lowest BCUT2D eigenvalue weighted by Gasteiger charge is -2.35. The van der Waals surface area contributed by atoms with Crippen LogP contribution < -0.4 is 4.90 Å². The molecule has 3 rings (SSSR count). The third-order valence-electron chi connectivity index (χ3n) is 4.27. The van der Waals surface area contributed by atoms with Gasteiger partial charge in [0.05, 0.1) is 29.7 Å². The second kappa shape index (κ2) is 6.85. The van der Waals surface area contributed by atoms with Crippen molar-refractivity contribution in [2.45, 2.75) is 25.6 Å². The van der Waals surface area contributed by atoms with Crippen LogP contribution in [-0.4, -0.2) is 46.2 Å². The number of hydrogen-bond acceptors (Lipinski definition) is 5. The molecule has 3 heterocycles. The first-order chi connectivity index (χ1) is 10.8. The molecule has 2 aromatic rings. The van der Waals surface area contributed by atoms with Crippen molar-refractivity contribution in [2.24, 2.45) is 0 Å². The van der Waals surface area contributed by atoms with Gasteiger partial charge in [0.25, 0.3) is 0 Å². The maximum Gasteiger partial charge on any atom is 0.0776 e. The third kappa shape index (κ3) is 3.26. The van der Waals surface area contributed by atoms with Gasteiger partial charge < -0.3 is 10.0 Å². The molecule has 0 aromatic carbocycles. The molecule has 0 aliphatic carbocycles. The molecule has 1 aliphatic heterocycles. The van der Waals surface area contributed by atoms with Gasteiger partial charge in [-0.2, -0.15) is 0 Å². The highest BCUT2D eigenvalue weighted by Gasteiger charge is 2.23. The Morgan fingerprint density at radius 2 is 2.05 bits per heavy atom. The molecular formula is C17H22N4O. The number of hydrogen-bond donors (Lipinski definition) is 1. The average molecular weight is 298 g/mol. The number of anilines is 1. The largest absolute Gasteiger partial charge is 0.394 e. The van der Waals surface area contributed by atoms with Crippen molar-refractivity contribution in [1.29, 1.82) is 0 Å². The minimum atomic E-state index is 0.120. The Morgan fingerprint density at radius 1 is 1.18 bits per heavy atom. The quantitative estimate of drug-likeness (QED) is 0.934. The van der Waals surface area contributed by atoms with E-state index in [1.807, 2.05) is 43.7 Å². The standard InChI is InChI=1S/C17H22N4O/c1-20-15(13-22)7-10-21(11-14-5-2-3-8-18-14)12-16-17(20)6-4-9-19-16/h2-6,8-9,15,22H,7,10-13H2,1H3/t15-/m0/s1. The monoisotopic (exact) mass is 298 g/mol. The molecule has 22 heavy (non-hydrogen) atoms. The number of nitrogens with zero attached hydrogens (tertiary/aromatic N) is 4. The Labute approximate surface area is 131 Å². The summed E-state index contributed by atoms with van der Waals surface area (Å²) in [5.41, 5.74) is 3.22. The molecule has 1 N–H and O–H groups in total. The summed E-state index contributed by atoms with van der Waals surface area (Å²) >= 11 is 0. The highest BCUT2D eigenvalue weighted by Crippen LogP contribution is 2.25. The van der Waals surface area contributed by atoms with Gasteiger partial charge in [0, 0.05) is 39.1 Å². The lowest BCUT2D eigenvalue weighted by Crippen LogP contribution is -2.41. The SMILES string of the molecule is CN1c2cccnc2CN(Cc2ccccn2)CC[C@H]1CO. The van der Waals surface area contributed by atoms with E-state index in [2.05, 4.69) is 25.8 Å². The Kier molecular flexibility index (Phi) is 4.65. The predicted molar refractivity (Wildman–Crippen MR) is 86.5 cm³/mol. The van der Waals surface area contributed by atoms with Gasteiger partial charge in [-0.3, -0.25) is 14.9 Å². The number of rotatable bonds is 3. The molecule has 0 saturated carbocycles. The van der Waals surface area contributed by atoms with Crippen LogP contribution in [0.1, 0.15) is 17.8 Å². The number of likely N-dealkylation sites (N-methyl/N-ethyl adjacent to an activating group) is 1. The number of pyridine rings is 2. The van der Waals surface area contributed by atoms with Crippen molar-refractivity contribution in [3.8, 4) is 0 Å². The van der Waals surface area contributed by atoms with Crippen LogP contribution in [-0.2, 0) is 13.1 Å². The van der Waals surface area contributed by atoms with Crippen molar-refractivity contribution in [1.82, 2.24) is 14.9 Å². The van der Waals surface area contributed by atoms with E-state index in [1.165, 1.54) is 0 Å². The second-order valence-electron chi connectivity index (χ2n) is 5.74. The van der Waals surface area contributed by atoms with Gasteiger partial charge in [0.15, 0.2) is 0 Å². The van der Waals surface area contributed by atoms with Crippen molar-refractivity contribution in [3.05, 3.63) is 54.1 Å². The van der Waals surface area contributed by atoms with E-state index in [9.17, 15) is 5.11 Å². The molecule has 0 saturated heterocycles. The molecule has 1 aliphatic rings. The highest BCUT2D eigenvalue weighted by molar-refractivity contribution is 5.51. The summed E-state index contributed by atoms with van der Waals surface area (Å²) in [6, 6.07) is 10.2. The lowest BCUT2D eigenvalue weighted by molar-refractivity contribution is 0.203. The number of aliphatic hydroxyl groups excluding tert-OH is 1. The zero-order valence-corrected chi connectivity index (χ0v) is 12.9. The number of aromatic nitrogens is 2. The van der Waals surface area contributed by atoms with Crippen LogP contribution >= 0.6 is 0 Å². The maximum absolute atomic E-state index is 9.69. The second-order valence-corrected chi connectivity index (χ2v) is 5.74. The van der Waals surface area contributed by atoms with Crippen LogP contribution in [0, 0.1) is 0 Å². The van der Waals surface area contributed by atoms with Gasteiger partial charge in [-0.25, -0.2) is 0 Å². The topological polar surface area (TPSA) is 52.5 Å². The van der Waals surface area contributed by atoms with Crippen LogP contribution in [0.4, 0.5) is 5.69 Å². The fourth-order valence-corrected chi connectivity index (χ4v) is 2.95. The van der Waals surface area contributed by atoms with Gasteiger partial charge in [-0.15, -0.1) is 0 Å². The number of aliphatic hydroxyl groups is 1. The van der Waals surface area contributed by atoms with Crippen molar-refractivity contribution < 1.29 is 5.11 Å². The molecule has 1 atom stereocenters. The summed E-state index contributed by atoms with van der Waals surface area (Å²) in [7, 11) is 2.04. The summed E-state index contributed by atoms with van der Waals surface area (Å²) in [5, 5.41) is 9.69. The predicted octanol–water partition coefficient (Wildman–Crippen LogP) is 1.68. The van der Waals surface area contributed by atoms with Crippen molar-refractivity contribution in [3.63, 3.8) is 0 Å². The summed E-state index contributed by atoms with van der Waals surface area (Å²) in [4.78, 5) is 13.5. The van der Waals surface area contributed by atoms with Crippen molar-refractivity contribution in [2.75, 3.05) is 25.1 Å². The molecule has 0 bridgehead atoms. The van der Waals surface area contributed by atoms with Gasteiger partial charge in [0.2, 0.25) is 0 Å². The summed E-state index contributed by atoms with van der Waals surface area (Å²) in [6.07, 6.45) is 4.59. The van der Waals surface area contributed by atoms with Crippen LogP contribution in [0.5, 0.6) is 0 Å². The minimum absolute atomic E-state index is 0.120. The molecular weight excluding hydrogens is 276 g/mol. The molecule has 0 radical (unpaired) electrons. The van der Waals surface area contributed by atoms with E-state index in [4.69, 9.17) is 0 Å². The van der Waals surface area contributed by atoms with E-state index in [0.717, 1.165) is 43.1 Å². The van der Waals surface area contributed by atoms with E-state index in [0.29, 0.717) is 0 Å². The Hall–Kier alpha value is -1.98. The molecule has 0 amide bonds. The minimum Gasteiger partial charge on any atom is -0.394 e. The van der Waals surface area contributed by atoms with Gasteiger partial charge >= 0.3 is 0 Å². The van der Waals surface area contributed by atoms with E-state index < -0.39 is 0 Å². The fraction of sp³-hybridized carbons (Fsp3) is 0.412. The Morgan fingerprint density at radius 3 is 2.82 bits per heavy atom. The third-order valence-corrected chi connectivity index (χ3v) is 4.27. The normalized spacial score (nSPS) is 19.4. The number of fused-ring (bicyclic) bond motifs is 1. The molecule has 2 aromatic heterocycles. The molecule has 0 unspecified atom stereocenters. The van der Waals surface area contributed by atoms with Gasteiger partial charge in [0.1, 0.15) is 0 Å². The molecule has 0 fully saturated rings. The average Bonchev–Trinajstić information content (AvgIpc) is 2.55. The maximum atomic E-state index is 9.69. The van der Waals surface area contributed by atoms with Crippen LogP contribution in [0.15, 0.2) is 42.7 Å². The molecule has 5 nitrogen and oxygen atoms in total. The Bertz CT molecular complexity index is 605. The van der Waals surface area contributed by atoms with E-state index in [1.54, 1.807) is 0 Å². The van der Waals surface area contributed by atoms with Crippen LogP contribution in [0.2, 0.25) is 0 Å². The first-order valence-electron chi connectivity index (χ1n) is 7.68. The fourth-order valence-electron chi connectivity index (χ4n) is 2.95.